The van der Waals surface area contributed by atoms with E-state index in [1.807, 2.05) is 30.3 Å². The van der Waals surface area contributed by atoms with Crippen molar-refractivity contribution in [2.75, 3.05) is 6.61 Å². The molecule has 0 saturated carbocycles. The minimum Gasteiger partial charge on any atom is -0.462 e. The van der Waals surface area contributed by atoms with Crippen molar-refractivity contribution in [3.63, 3.8) is 0 Å². The first-order chi connectivity index (χ1) is 8.31. The molecule has 1 aliphatic rings. The van der Waals surface area contributed by atoms with Crippen molar-refractivity contribution < 1.29 is 9.53 Å². The summed E-state index contributed by atoms with van der Waals surface area (Å²) >= 11 is 0. The first-order valence-electron chi connectivity index (χ1n) is 5.52. The minimum absolute atomic E-state index is 0.130. The number of benzene rings is 1. The summed E-state index contributed by atoms with van der Waals surface area (Å²) in [5.41, 5.74) is 1.50. The molecule has 1 aromatic carbocycles. The van der Waals surface area contributed by atoms with Gasteiger partial charge >= 0.3 is 5.97 Å². The fourth-order valence-corrected chi connectivity index (χ4v) is 1.55. The summed E-state index contributed by atoms with van der Waals surface area (Å²) in [5, 5.41) is 3.06. The van der Waals surface area contributed by atoms with Crippen LogP contribution in [0.25, 0.3) is 0 Å². The maximum absolute atomic E-state index is 11.4. The molecule has 1 unspecified atom stereocenters. The molecule has 0 fully saturated rings. The van der Waals surface area contributed by atoms with Gasteiger partial charge in [-0.2, -0.15) is 0 Å². The lowest BCUT2D eigenvalue weighted by Gasteiger charge is -2.17. The quantitative estimate of drug-likeness (QED) is 0.806. The zero-order valence-electron chi connectivity index (χ0n) is 9.59. The molecule has 0 saturated heterocycles. The van der Waals surface area contributed by atoms with Crippen molar-refractivity contribution in [3.05, 3.63) is 47.7 Å². The lowest BCUT2D eigenvalue weighted by molar-refractivity contribution is -0.137. The fourth-order valence-electron chi connectivity index (χ4n) is 1.55. The summed E-state index contributed by atoms with van der Waals surface area (Å²) in [4.78, 5) is 15.7. The van der Waals surface area contributed by atoms with Crippen LogP contribution in [0.1, 0.15) is 18.7 Å². The minimum atomic E-state index is -0.352. The van der Waals surface area contributed by atoms with E-state index in [1.165, 1.54) is 0 Å². The van der Waals surface area contributed by atoms with Crippen LogP contribution in [0.5, 0.6) is 0 Å². The monoisotopic (exact) mass is 230 g/mol. The van der Waals surface area contributed by atoms with Crippen molar-refractivity contribution in [2.45, 2.75) is 13.1 Å². The van der Waals surface area contributed by atoms with E-state index in [-0.39, 0.29) is 12.1 Å². The number of nitrogens with one attached hydrogen (secondary N) is 1. The highest BCUT2D eigenvalue weighted by molar-refractivity contribution is 6.09. The second-order valence-corrected chi connectivity index (χ2v) is 3.58. The summed E-state index contributed by atoms with van der Waals surface area (Å²) < 4.78 is 4.88. The average Bonchev–Trinajstić information content (AvgIpc) is 2.40. The summed E-state index contributed by atoms with van der Waals surface area (Å²) in [7, 11) is 0. The molecule has 17 heavy (non-hydrogen) atoms. The second kappa shape index (κ2) is 5.30. The van der Waals surface area contributed by atoms with Gasteiger partial charge in [0.05, 0.1) is 12.2 Å². The van der Waals surface area contributed by atoms with Crippen molar-refractivity contribution in [2.24, 2.45) is 4.99 Å². The zero-order chi connectivity index (χ0) is 12.1. The number of nitrogens with zero attached hydrogens (tertiary/aromatic N) is 1. The first-order valence-corrected chi connectivity index (χ1v) is 5.52. The molecule has 1 heterocycles. The van der Waals surface area contributed by atoms with E-state index in [4.69, 9.17) is 4.74 Å². The Balaban J connectivity index is 2.03. The number of carbonyl (C=O) groups is 1. The third kappa shape index (κ3) is 2.72. The number of hydrogen-bond donors (Lipinski definition) is 1. The Hall–Kier alpha value is -2.10. The first kappa shape index (κ1) is 11.4. The Morgan fingerprint density at radius 3 is 2.76 bits per heavy atom. The Morgan fingerprint density at radius 2 is 2.18 bits per heavy atom. The molecule has 0 aliphatic carbocycles. The highest BCUT2D eigenvalue weighted by Crippen LogP contribution is 2.16. The van der Waals surface area contributed by atoms with Gasteiger partial charge in [-0.25, -0.2) is 4.79 Å². The van der Waals surface area contributed by atoms with Crippen molar-refractivity contribution >= 4 is 12.2 Å². The molecule has 4 heteroatoms. The number of ether oxygens (including phenoxy) is 1. The third-order valence-corrected chi connectivity index (χ3v) is 2.39. The fraction of sp³-hybridized carbons (Fsp3) is 0.231. The second-order valence-electron chi connectivity index (χ2n) is 3.58. The molecular formula is C13H14N2O2. The number of esters is 1. The molecule has 0 aromatic heterocycles. The van der Waals surface area contributed by atoms with Gasteiger partial charge in [0.2, 0.25) is 0 Å². The highest BCUT2D eigenvalue weighted by atomic mass is 16.5. The van der Waals surface area contributed by atoms with Crippen LogP contribution in [0.15, 0.2) is 47.1 Å². The van der Waals surface area contributed by atoms with Gasteiger partial charge in [0.15, 0.2) is 0 Å². The molecule has 0 radical (unpaired) electrons. The van der Waals surface area contributed by atoms with Crippen molar-refractivity contribution in [1.29, 1.82) is 0 Å². The van der Waals surface area contributed by atoms with E-state index < -0.39 is 0 Å². The van der Waals surface area contributed by atoms with Crippen molar-refractivity contribution in [1.82, 2.24) is 5.32 Å². The Bertz CT molecular complexity index is 452. The molecule has 1 N–H and O–H groups in total. The number of rotatable bonds is 3. The van der Waals surface area contributed by atoms with Crippen LogP contribution >= 0.6 is 0 Å². The summed E-state index contributed by atoms with van der Waals surface area (Å²) in [6.07, 6.45) is 3.06. The molecular weight excluding hydrogens is 216 g/mol. The zero-order valence-corrected chi connectivity index (χ0v) is 9.59. The van der Waals surface area contributed by atoms with E-state index in [0.717, 1.165) is 5.56 Å². The van der Waals surface area contributed by atoms with Gasteiger partial charge in [0.25, 0.3) is 0 Å². The molecule has 1 aromatic rings. The number of aliphatic imine (C=N–C) groups is 1. The molecule has 2 rings (SSSR count). The predicted octanol–water partition coefficient (Wildman–Crippen LogP) is 1.81. The summed E-state index contributed by atoms with van der Waals surface area (Å²) in [6.45, 7) is 2.14. The molecule has 1 atom stereocenters. The van der Waals surface area contributed by atoms with Crippen molar-refractivity contribution in [3.8, 4) is 0 Å². The lowest BCUT2D eigenvalue weighted by atomic mass is 10.1. The Labute approximate surface area is 100 Å². The summed E-state index contributed by atoms with van der Waals surface area (Å²) in [6, 6.07) is 9.83. The van der Waals surface area contributed by atoms with Gasteiger partial charge in [-0.3, -0.25) is 4.99 Å². The van der Waals surface area contributed by atoms with E-state index in [2.05, 4.69) is 10.3 Å². The molecule has 0 bridgehead atoms. The molecule has 0 spiro atoms. The van der Waals surface area contributed by atoms with Crippen LogP contribution < -0.4 is 5.32 Å². The van der Waals surface area contributed by atoms with Crippen LogP contribution in [-0.4, -0.2) is 18.8 Å². The number of hydrogen-bond acceptors (Lipinski definition) is 4. The van der Waals surface area contributed by atoms with E-state index in [0.29, 0.717) is 12.2 Å². The van der Waals surface area contributed by atoms with Crippen LogP contribution in [-0.2, 0) is 9.53 Å². The van der Waals surface area contributed by atoms with Gasteiger partial charge in [-0.05, 0) is 12.5 Å². The highest BCUT2D eigenvalue weighted by Gasteiger charge is 2.15. The SMILES string of the molecule is CCOC(=O)C1=CNC(c2ccccc2)N=C1. The Morgan fingerprint density at radius 1 is 1.41 bits per heavy atom. The number of carbonyl (C=O) groups excluding carboxylic acids is 1. The van der Waals surface area contributed by atoms with Crippen LogP contribution in [0, 0.1) is 0 Å². The van der Waals surface area contributed by atoms with Gasteiger partial charge in [0, 0.05) is 12.4 Å². The summed E-state index contributed by atoms with van der Waals surface area (Å²) in [5.74, 6) is -0.352. The van der Waals surface area contributed by atoms with Gasteiger partial charge in [0.1, 0.15) is 6.17 Å². The topological polar surface area (TPSA) is 50.7 Å². The van der Waals surface area contributed by atoms with Crippen LogP contribution in [0.4, 0.5) is 0 Å². The maximum Gasteiger partial charge on any atom is 0.341 e. The Kier molecular flexibility index (Phi) is 3.55. The largest absolute Gasteiger partial charge is 0.462 e. The lowest BCUT2D eigenvalue weighted by Crippen LogP contribution is -2.22. The normalized spacial score (nSPS) is 18.2. The van der Waals surface area contributed by atoms with Crippen LogP contribution in [0.2, 0.25) is 0 Å². The molecule has 1 aliphatic heterocycles. The van der Waals surface area contributed by atoms with E-state index in [1.54, 1.807) is 19.3 Å². The smallest absolute Gasteiger partial charge is 0.341 e. The molecule has 88 valence electrons. The maximum atomic E-state index is 11.4. The van der Waals surface area contributed by atoms with E-state index in [9.17, 15) is 4.79 Å². The van der Waals surface area contributed by atoms with Gasteiger partial charge < -0.3 is 10.1 Å². The van der Waals surface area contributed by atoms with Gasteiger partial charge in [-0.1, -0.05) is 30.3 Å². The third-order valence-electron chi connectivity index (χ3n) is 2.39. The van der Waals surface area contributed by atoms with Crippen LogP contribution in [0.3, 0.4) is 0 Å². The molecule has 0 amide bonds. The molecule has 4 nitrogen and oxygen atoms in total. The van der Waals surface area contributed by atoms with E-state index >= 15 is 0 Å². The predicted molar refractivity (Wildman–Crippen MR) is 65.5 cm³/mol. The standard InChI is InChI=1S/C13H14N2O2/c1-2-17-13(16)11-8-14-12(15-9-11)10-6-4-3-5-7-10/h3-9,12,14H,2H2,1H3. The average molecular weight is 230 g/mol. The van der Waals surface area contributed by atoms with Gasteiger partial charge in [-0.15, -0.1) is 0 Å².